The quantitative estimate of drug-likeness (QED) is 0.301. The minimum atomic E-state index is -0.390. The molecular formula is C29H56O6. The molecule has 1 aromatic carbocycles. The number of methoxy groups -OCH3 is 2. The van der Waals surface area contributed by atoms with E-state index >= 15 is 0 Å². The number of hydrogen-bond acceptors (Lipinski definition) is 6. The highest BCUT2D eigenvalue weighted by atomic mass is 16.7. The molecule has 6 nitrogen and oxygen atoms in total. The molecule has 0 radical (unpaired) electrons. The van der Waals surface area contributed by atoms with Crippen LogP contribution in [0.5, 0.6) is 0 Å². The van der Waals surface area contributed by atoms with Gasteiger partial charge >= 0.3 is 11.9 Å². The third-order valence-corrected chi connectivity index (χ3v) is 5.81. The first-order valence-electron chi connectivity index (χ1n) is 12.5. The van der Waals surface area contributed by atoms with Gasteiger partial charge in [0.15, 0.2) is 6.79 Å². The number of carbonyl (C=O) groups excluding carboxylic acids is 2. The molecule has 208 valence electrons. The highest BCUT2D eigenvalue weighted by Gasteiger charge is 2.27. The van der Waals surface area contributed by atoms with Crippen LogP contribution in [0.2, 0.25) is 0 Å². The Hall–Kier alpha value is -1.92. The summed E-state index contributed by atoms with van der Waals surface area (Å²) in [6, 6.07) is 10.7. The maximum absolute atomic E-state index is 11.2. The second-order valence-electron chi connectivity index (χ2n) is 9.41. The minimum Gasteiger partial charge on any atom is -0.469 e. The lowest BCUT2D eigenvalue weighted by Crippen LogP contribution is -2.26. The van der Waals surface area contributed by atoms with Gasteiger partial charge in [-0.1, -0.05) is 78.8 Å². The van der Waals surface area contributed by atoms with Gasteiger partial charge in [-0.15, -0.1) is 0 Å². The maximum Gasteiger partial charge on any atom is 0.313 e. The van der Waals surface area contributed by atoms with Crippen molar-refractivity contribution in [1.29, 1.82) is 0 Å². The van der Waals surface area contributed by atoms with E-state index in [0.717, 1.165) is 20.0 Å². The fraction of sp³-hybridized carbons (Fsp3) is 0.724. The van der Waals surface area contributed by atoms with Crippen LogP contribution in [0.4, 0.5) is 0 Å². The smallest absolute Gasteiger partial charge is 0.313 e. The molecule has 0 bridgehead atoms. The van der Waals surface area contributed by atoms with Gasteiger partial charge in [-0.2, -0.15) is 0 Å². The van der Waals surface area contributed by atoms with Crippen molar-refractivity contribution in [3.8, 4) is 0 Å². The molecule has 0 aliphatic heterocycles. The van der Waals surface area contributed by atoms with Crippen LogP contribution >= 0.6 is 0 Å². The van der Waals surface area contributed by atoms with Gasteiger partial charge in [-0.25, -0.2) is 0 Å². The van der Waals surface area contributed by atoms with E-state index in [1.807, 2.05) is 55.4 Å². The second-order valence-corrected chi connectivity index (χ2v) is 9.41. The molecule has 0 aliphatic carbocycles. The Morgan fingerprint density at radius 3 is 1.43 bits per heavy atom. The summed E-state index contributed by atoms with van der Waals surface area (Å²) >= 11 is 0. The molecule has 35 heavy (non-hydrogen) atoms. The first-order chi connectivity index (χ1) is 16.2. The lowest BCUT2D eigenvalue weighted by Gasteiger charge is -2.22. The molecule has 0 atom stereocenters. The van der Waals surface area contributed by atoms with Gasteiger partial charge in [-0.05, 0) is 57.9 Å². The predicted molar refractivity (Wildman–Crippen MR) is 147 cm³/mol. The molecule has 1 aromatic rings. The number of aliphatic hydroxyl groups excluding tert-OH is 1. The van der Waals surface area contributed by atoms with Crippen molar-refractivity contribution in [2.45, 2.75) is 101 Å². The van der Waals surface area contributed by atoms with E-state index in [-0.39, 0.29) is 24.1 Å². The number of hydrogen-bond donors (Lipinski definition) is 1. The number of rotatable bonds is 8. The largest absolute Gasteiger partial charge is 0.469 e. The van der Waals surface area contributed by atoms with Crippen molar-refractivity contribution in [1.82, 2.24) is 0 Å². The van der Waals surface area contributed by atoms with E-state index in [9.17, 15) is 9.59 Å². The number of aliphatic hydroxyl groups is 1. The van der Waals surface area contributed by atoms with Crippen molar-refractivity contribution >= 4 is 11.9 Å². The van der Waals surface area contributed by atoms with Crippen LogP contribution in [0.1, 0.15) is 101 Å². The van der Waals surface area contributed by atoms with E-state index in [0.29, 0.717) is 5.41 Å². The van der Waals surface area contributed by atoms with Crippen molar-refractivity contribution < 1.29 is 28.9 Å². The Morgan fingerprint density at radius 2 is 1.14 bits per heavy atom. The Morgan fingerprint density at radius 1 is 0.743 bits per heavy atom. The minimum absolute atomic E-state index is 0.0439. The molecule has 0 amide bonds. The molecule has 0 fully saturated rings. The average Bonchev–Trinajstić information content (AvgIpc) is 2.90. The number of carbonyl (C=O) groups is 2. The van der Waals surface area contributed by atoms with E-state index in [1.165, 1.54) is 26.2 Å². The lowest BCUT2D eigenvalue weighted by atomic mass is 9.82. The zero-order valence-electron chi connectivity index (χ0n) is 25.2. The Labute approximate surface area is 216 Å². The van der Waals surface area contributed by atoms with Gasteiger partial charge < -0.3 is 19.3 Å². The van der Waals surface area contributed by atoms with Crippen LogP contribution in [-0.2, 0) is 29.2 Å². The lowest BCUT2D eigenvalue weighted by molar-refractivity contribution is -0.164. The average molecular weight is 501 g/mol. The molecule has 1 N–H and O–H groups in total. The fourth-order valence-electron chi connectivity index (χ4n) is 1.97. The van der Waals surface area contributed by atoms with Gasteiger partial charge in [0.05, 0.1) is 17.9 Å². The molecule has 0 spiro atoms. The van der Waals surface area contributed by atoms with Crippen molar-refractivity contribution in [2.75, 3.05) is 28.1 Å². The van der Waals surface area contributed by atoms with Crippen LogP contribution in [0.15, 0.2) is 30.3 Å². The summed E-state index contributed by atoms with van der Waals surface area (Å²) in [7, 11) is 3.91. The third kappa shape index (κ3) is 19.0. The summed E-state index contributed by atoms with van der Waals surface area (Å²) in [6.07, 6.45) is 2.78. The van der Waals surface area contributed by atoms with Crippen LogP contribution < -0.4 is 0 Å². The molecular weight excluding hydrogens is 444 g/mol. The van der Waals surface area contributed by atoms with Crippen molar-refractivity contribution in [2.24, 2.45) is 10.8 Å². The molecule has 0 aromatic heterocycles. The first kappa shape index (κ1) is 40.3. The zero-order chi connectivity index (χ0) is 28.7. The van der Waals surface area contributed by atoms with E-state index in [2.05, 4.69) is 60.6 Å². The van der Waals surface area contributed by atoms with Crippen molar-refractivity contribution in [3.05, 3.63) is 35.9 Å². The standard InChI is InChI=1S/C11H16.C8H16O3.C7H14O2.C2H6.CH4O/c1-4-11(2,3)10-8-6-5-7-9-10;1-5-8(2,3)7(9)11-6-10-4;1-5-7(2,3)6(8)9-4;2*1-2/h5-9H,4H2,1-3H3;5-6H2,1-4H3;5H2,1-4H3;1-2H3;2H,1H3. The van der Waals surface area contributed by atoms with E-state index in [1.54, 1.807) is 0 Å². The SMILES string of the molecule is CC.CCC(C)(C)C(=O)OC.CCC(C)(C)C(=O)OCOC.CCC(C)(C)c1ccccc1.CO. The van der Waals surface area contributed by atoms with Gasteiger partial charge in [-0.3, -0.25) is 9.59 Å². The third-order valence-electron chi connectivity index (χ3n) is 5.81. The topological polar surface area (TPSA) is 82.1 Å². The van der Waals surface area contributed by atoms with Crippen LogP contribution in [0, 0.1) is 10.8 Å². The normalized spacial score (nSPS) is 10.4. The van der Waals surface area contributed by atoms with Gasteiger partial charge in [0.1, 0.15) is 0 Å². The molecule has 0 unspecified atom stereocenters. The summed E-state index contributed by atoms with van der Waals surface area (Å²) in [5.41, 5.74) is 1.07. The van der Waals surface area contributed by atoms with Crippen molar-refractivity contribution in [3.63, 3.8) is 0 Å². The Kier molecular flexibility index (Phi) is 25.9. The number of esters is 2. The molecule has 1 rings (SSSR count). The molecule has 0 saturated heterocycles. The molecule has 0 heterocycles. The summed E-state index contributed by atoms with van der Waals surface area (Å²) < 4.78 is 14.0. The highest BCUT2D eigenvalue weighted by Crippen LogP contribution is 2.25. The maximum atomic E-state index is 11.2. The van der Waals surface area contributed by atoms with E-state index in [4.69, 9.17) is 9.84 Å². The van der Waals surface area contributed by atoms with Gasteiger partial charge in [0, 0.05) is 14.2 Å². The predicted octanol–water partition coefficient (Wildman–Crippen LogP) is 7.17. The van der Waals surface area contributed by atoms with Crippen LogP contribution in [0.3, 0.4) is 0 Å². The highest BCUT2D eigenvalue weighted by molar-refractivity contribution is 5.76. The summed E-state index contributed by atoms with van der Waals surface area (Å²) in [5, 5.41) is 7.00. The summed E-state index contributed by atoms with van der Waals surface area (Å²) in [6.45, 7) is 22.2. The molecule has 0 aliphatic rings. The molecule has 6 heteroatoms. The van der Waals surface area contributed by atoms with Gasteiger partial charge in [0.2, 0.25) is 0 Å². The fourth-order valence-corrected chi connectivity index (χ4v) is 1.97. The summed E-state index contributed by atoms with van der Waals surface area (Å²) in [5.74, 6) is -0.341. The van der Waals surface area contributed by atoms with Crippen LogP contribution in [-0.4, -0.2) is 45.2 Å². The van der Waals surface area contributed by atoms with E-state index < -0.39 is 5.41 Å². The Balaban J connectivity index is -0.000000193. The number of benzene rings is 1. The zero-order valence-corrected chi connectivity index (χ0v) is 25.2. The monoisotopic (exact) mass is 500 g/mol. The van der Waals surface area contributed by atoms with Gasteiger partial charge in [0.25, 0.3) is 0 Å². The second kappa shape index (κ2) is 22.5. The Bertz CT molecular complexity index is 621. The first-order valence-corrected chi connectivity index (χ1v) is 12.5. The number of ether oxygens (including phenoxy) is 3. The van der Waals surface area contributed by atoms with Crippen LogP contribution in [0.25, 0.3) is 0 Å². The molecule has 0 saturated carbocycles. The summed E-state index contributed by atoms with van der Waals surface area (Å²) in [4.78, 5) is 22.0.